The van der Waals surface area contributed by atoms with Gasteiger partial charge in [0, 0.05) is 39.4 Å². The van der Waals surface area contributed by atoms with Crippen LogP contribution in [-0.4, -0.2) is 44.6 Å². The van der Waals surface area contributed by atoms with Gasteiger partial charge < -0.3 is 15.5 Å². The molecule has 4 nitrogen and oxygen atoms in total. The monoisotopic (exact) mass is 402 g/mol. The van der Waals surface area contributed by atoms with Gasteiger partial charge in [-0.3, -0.25) is 4.99 Å². The van der Waals surface area contributed by atoms with Crippen molar-refractivity contribution < 1.29 is 0 Å². The van der Waals surface area contributed by atoms with Gasteiger partial charge in [0.15, 0.2) is 5.96 Å². The van der Waals surface area contributed by atoms with Crippen molar-refractivity contribution in [3.05, 3.63) is 29.8 Å². The lowest BCUT2D eigenvalue weighted by Gasteiger charge is -2.27. The van der Waals surface area contributed by atoms with Gasteiger partial charge in [-0.1, -0.05) is 12.1 Å². The van der Waals surface area contributed by atoms with Crippen LogP contribution in [0.5, 0.6) is 0 Å². The third-order valence-corrected chi connectivity index (χ3v) is 3.81. The molecule has 0 amide bonds. The molecule has 0 radical (unpaired) electrons. The van der Waals surface area contributed by atoms with Crippen LogP contribution < -0.4 is 10.6 Å². The second-order valence-corrected chi connectivity index (χ2v) is 5.60. The predicted molar refractivity (Wildman–Crippen MR) is 102 cm³/mol. The van der Waals surface area contributed by atoms with Crippen molar-refractivity contribution in [3.8, 4) is 0 Å². The van der Waals surface area contributed by atoms with Crippen LogP contribution >= 0.6 is 24.0 Å². The summed E-state index contributed by atoms with van der Waals surface area (Å²) in [6, 6.07) is 8.63. The van der Waals surface area contributed by atoms with Crippen LogP contribution in [0.3, 0.4) is 0 Å². The van der Waals surface area contributed by atoms with E-state index in [9.17, 15) is 0 Å². The number of anilines is 1. The average molecular weight is 402 g/mol. The van der Waals surface area contributed by atoms with E-state index in [4.69, 9.17) is 5.73 Å². The quantitative estimate of drug-likeness (QED) is 0.479. The highest BCUT2D eigenvalue weighted by atomic mass is 127. The van der Waals surface area contributed by atoms with E-state index in [1.807, 2.05) is 0 Å². The number of hydrogen-bond donors (Lipinski definition) is 1. The summed E-state index contributed by atoms with van der Waals surface area (Å²) in [7, 11) is 4.11. The van der Waals surface area contributed by atoms with Gasteiger partial charge in [0.1, 0.15) is 0 Å². The van der Waals surface area contributed by atoms with Crippen LogP contribution in [0.15, 0.2) is 29.3 Å². The number of nitrogens with zero attached hydrogens (tertiary/aromatic N) is 3. The van der Waals surface area contributed by atoms with Crippen molar-refractivity contribution in [1.82, 2.24) is 4.90 Å². The fraction of sp³-hybridized carbons (Fsp3) is 0.562. The van der Waals surface area contributed by atoms with Gasteiger partial charge in [0.2, 0.25) is 0 Å². The molecule has 1 saturated heterocycles. The van der Waals surface area contributed by atoms with Crippen LogP contribution in [0.2, 0.25) is 0 Å². The number of halogens is 1. The van der Waals surface area contributed by atoms with Crippen molar-refractivity contribution in [3.63, 3.8) is 0 Å². The number of aliphatic imine (C=N–C) groups is 1. The lowest BCUT2D eigenvalue weighted by atomic mass is 10.1. The molecule has 1 fully saturated rings. The van der Waals surface area contributed by atoms with E-state index >= 15 is 0 Å². The third-order valence-electron chi connectivity index (χ3n) is 3.81. The highest BCUT2D eigenvalue weighted by molar-refractivity contribution is 14.0. The fourth-order valence-corrected chi connectivity index (χ4v) is 2.48. The highest BCUT2D eigenvalue weighted by Gasteiger charge is 2.11. The van der Waals surface area contributed by atoms with Gasteiger partial charge in [0.25, 0.3) is 0 Å². The highest BCUT2D eigenvalue weighted by Crippen LogP contribution is 2.13. The summed E-state index contributed by atoms with van der Waals surface area (Å²) in [5, 5.41) is 0. The minimum absolute atomic E-state index is 0. The molecule has 0 bridgehead atoms. The summed E-state index contributed by atoms with van der Waals surface area (Å²) in [5.74, 6) is 0.717. The topological polar surface area (TPSA) is 44.9 Å². The maximum atomic E-state index is 6.05. The molecule has 0 aliphatic carbocycles. The van der Waals surface area contributed by atoms with E-state index < -0.39 is 0 Å². The molecule has 0 aromatic heterocycles. The molecular formula is C16H27IN4. The second-order valence-electron chi connectivity index (χ2n) is 5.60. The molecule has 1 aliphatic heterocycles. The van der Waals surface area contributed by atoms with Gasteiger partial charge in [0.05, 0.1) is 0 Å². The molecule has 1 aromatic carbocycles. The Morgan fingerprint density at radius 2 is 1.76 bits per heavy atom. The lowest BCUT2D eigenvalue weighted by Crippen LogP contribution is -2.41. The van der Waals surface area contributed by atoms with Gasteiger partial charge in [-0.2, -0.15) is 0 Å². The smallest absolute Gasteiger partial charge is 0.191 e. The molecule has 1 heterocycles. The first-order valence-corrected chi connectivity index (χ1v) is 7.48. The predicted octanol–water partition coefficient (Wildman–Crippen LogP) is 2.71. The largest absolute Gasteiger partial charge is 0.378 e. The van der Waals surface area contributed by atoms with E-state index in [0.717, 1.165) is 32.0 Å². The molecule has 0 atom stereocenters. The molecule has 2 N–H and O–H groups in total. The molecule has 1 aliphatic rings. The first kappa shape index (κ1) is 18.1. The molecule has 118 valence electrons. The molecule has 0 saturated carbocycles. The van der Waals surface area contributed by atoms with Crippen molar-refractivity contribution in [1.29, 1.82) is 0 Å². The van der Waals surface area contributed by atoms with Crippen LogP contribution in [0, 0.1) is 0 Å². The molecule has 5 heteroatoms. The summed E-state index contributed by atoms with van der Waals surface area (Å²) in [6.45, 7) is 2.89. The zero-order valence-electron chi connectivity index (χ0n) is 13.1. The zero-order chi connectivity index (χ0) is 14.4. The van der Waals surface area contributed by atoms with Crippen molar-refractivity contribution in [2.45, 2.75) is 25.7 Å². The summed E-state index contributed by atoms with van der Waals surface area (Å²) < 4.78 is 0. The van der Waals surface area contributed by atoms with Gasteiger partial charge in [-0.05, 0) is 43.4 Å². The van der Waals surface area contributed by atoms with Gasteiger partial charge in [-0.15, -0.1) is 24.0 Å². The Labute approximate surface area is 145 Å². The van der Waals surface area contributed by atoms with Crippen molar-refractivity contribution in [2.75, 3.05) is 38.6 Å². The Kier molecular flexibility index (Phi) is 7.85. The Bertz CT molecular complexity index is 436. The van der Waals surface area contributed by atoms with E-state index in [-0.39, 0.29) is 24.0 Å². The Hall–Kier alpha value is -0.980. The molecular weight excluding hydrogens is 375 g/mol. The van der Waals surface area contributed by atoms with E-state index in [2.05, 4.69) is 53.2 Å². The number of nitrogens with two attached hydrogens (primary N) is 1. The fourth-order valence-electron chi connectivity index (χ4n) is 2.48. The number of rotatable bonds is 4. The summed E-state index contributed by atoms with van der Waals surface area (Å²) in [5.41, 5.74) is 8.58. The minimum Gasteiger partial charge on any atom is -0.378 e. The zero-order valence-corrected chi connectivity index (χ0v) is 15.4. The Morgan fingerprint density at radius 1 is 1.14 bits per heavy atom. The first-order chi connectivity index (χ1) is 9.66. The standard InChI is InChI=1S/C16H26N4.HI/c1-19(2)15-8-6-14(7-9-15)10-11-18-16(17)20-12-4-3-5-13-20;/h6-9H,3-5,10-13H2,1-2H3,(H2,17,18);1H. The number of guanidine groups is 1. The normalized spacial score (nSPS) is 15.5. The van der Waals surface area contributed by atoms with Crippen molar-refractivity contribution in [2.24, 2.45) is 10.7 Å². The van der Waals surface area contributed by atoms with Crippen molar-refractivity contribution >= 4 is 35.6 Å². The summed E-state index contributed by atoms with van der Waals surface area (Å²) in [6.07, 6.45) is 4.74. The molecule has 1 aromatic rings. The van der Waals surface area contributed by atoms with Crippen LogP contribution in [0.1, 0.15) is 24.8 Å². The average Bonchev–Trinajstić information content (AvgIpc) is 2.48. The van der Waals surface area contributed by atoms with Gasteiger partial charge >= 0.3 is 0 Å². The first-order valence-electron chi connectivity index (χ1n) is 7.48. The lowest BCUT2D eigenvalue weighted by molar-refractivity contribution is 0.338. The Morgan fingerprint density at radius 3 is 2.33 bits per heavy atom. The summed E-state index contributed by atoms with van der Waals surface area (Å²) in [4.78, 5) is 8.82. The van der Waals surface area contributed by atoms with Crippen LogP contribution in [0.25, 0.3) is 0 Å². The maximum absolute atomic E-state index is 6.05. The second kappa shape index (κ2) is 9.12. The van der Waals surface area contributed by atoms with E-state index in [0.29, 0.717) is 0 Å². The molecule has 0 spiro atoms. The number of hydrogen-bond acceptors (Lipinski definition) is 2. The van der Waals surface area contributed by atoms with Crippen LogP contribution in [-0.2, 0) is 6.42 Å². The molecule has 2 rings (SSSR count). The molecule has 0 unspecified atom stereocenters. The van der Waals surface area contributed by atoms with E-state index in [1.165, 1.54) is 30.5 Å². The number of piperidine rings is 1. The minimum atomic E-state index is 0. The van der Waals surface area contributed by atoms with Gasteiger partial charge in [-0.25, -0.2) is 0 Å². The summed E-state index contributed by atoms with van der Waals surface area (Å²) >= 11 is 0. The molecule has 21 heavy (non-hydrogen) atoms. The maximum Gasteiger partial charge on any atom is 0.191 e. The Balaban J connectivity index is 0.00000220. The van der Waals surface area contributed by atoms with E-state index in [1.54, 1.807) is 0 Å². The van der Waals surface area contributed by atoms with Crippen LogP contribution in [0.4, 0.5) is 5.69 Å². The SMILES string of the molecule is CN(C)c1ccc(CCN=C(N)N2CCCCC2)cc1.I. The number of benzene rings is 1. The number of likely N-dealkylation sites (tertiary alicyclic amines) is 1. The third kappa shape index (κ3) is 5.73.